The van der Waals surface area contributed by atoms with E-state index in [2.05, 4.69) is 5.32 Å². The van der Waals surface area contributed by atoms with Crippen molar-refractivity contribution in [2.24, 2.45) is 0 Å². The number of benzene rings is 2. The average molecular weight is 335 g/mol. The van der Waals surface area contributed by atoms with E-state index in [0.29, 0.717) is 17.8 Å². The Morgan fingerprint density at radius 3 is 2.65 bits per heavy atom. The summed E-state index contributed by atoms with van der Waals surface area (Å²) in [6.45, 7) is 6.26. The van der Waals surface area contributed by atoms with Crippen LogP contribution in [0.25, 0.3) is 0 Å². The van der Waals surface area contributed by atoms with E-state index in [1.807, 2.05) is 51.1 Å². The number of hydrogen-bond donors (Lipinski definition) is 2. The molecule has 0 bridgehead atoms. The summed E-state index contributed by atoms with van der Waals surface area (Å²) in [6.07, 6.45) is -0.118. The number of rotatable bonds is 5. The van der Waals surface area contributed by atoms with Gasteiger partial charge < -0.3 is 15.8 Å². The topological polar surface area (TPSA) is 64.3 Å². The quantitative estimate of drug-likeness (QED) is 0.822. The number of anilines is 1. The van der Waals surface area contributed by atoms with Crippen LogP contribution in [0, 0.1) is 13.8 Å². The Hall–Kier alpha value is -2.20. The molecule has 2 aromatic carbocycles. The standard InChI is InChI=1S/C18H22N2O2.ClH/c1-12-5-4-6-16(9-12)22-14(3)11-20-18(21)17-10-15(19)8-7-13(17)2;/h4-10,14H,11,19H2,1-3H3,(H,20,21);1H. The maximum absolute atomic E-state index is 12.2. The molecule has 0 spiro atoms. The number of halogens is 1. The van der Waals surface area contributed by atoms with Crippen molar-refractivity contribution >= 4 is 24.0 Å². The van der Waals surface area contributed by atoms with Gasteiger partial charge in [-0.05, 0) is 56.2 Å². The van der Waals surface area contributed by atoms with Crippen LogP contribution in [0.15, 0.2) is 42.5 Å². The van der Waals surface area contributed by atoms with Crippen LogP contribution < -0.4 is 15.8 Å². The number of aryl methyl sites for hydroxylation is 2. The second-order valence-electron chi connectivity index (χ2n) is 5.53. The number of ether oxygens (including phenoxy) is 1. The highest BCUT2D eigenvalue weighted by Gasteiger charge is 2.11. The Labute approximate surface area is 143 Å². The molecule has 23 heavy (non-hydrogen) atoms. The summed E-state index contributed by atoms with van der Waals surface area (Å²) in [6, 6.07) is 13.2. The number of nitrogens with one attached hydrogen (secondary N) is 1. The third-order valence-electron chi connectivity index (χ3n) is 3.38. The Bertz CT molecular complexity index is 674. The van der Waals surface area contributed by atoms with Crippen molar-refractivity contribution in [2.45, 2.75) is 26.9 Å². The number of carbonyl (C=O) groups is 1. The summed E-state index contributed by atoms with van der Waals surface area (Å²) in [5.74, 6) is 0.673. The van der Waals surface area contributed by atoms with Crippen molar-refractivity contribution < 1.29 is 9.53 Å². The van der Waals surface area contributed by atoms with Crippen molar-refractivity contribution in [1.29, 1.82) is 0 Å². The van der Waals surface area contributed by atoms with Gasteiger partial charge in [-0.2, -0.15) is 0 Å². The molecule has 2 rings (SSSR count). The van der Waals surface area contributed by atoms with Crippen molar-refractivity contribution in [3.8, 4) is 5.75 Å². The summed E-state index contributed by atoms with van der Waals surface area (Å²) < 4.78 is 5.80. The first kappa shape index (κ1) is 18.8. The van der Waals surface area contributed by atoms with Crippen LogP contribution in [0.5, 0.6) is 5.75 Å². The molecule has 0 aliphatic rings. The van der Waals surface area contributed by atoms with Crippen LogP contribution in [0.2, 0.25) is 0 Å². The van der Waals surface area contributed by atoms with Gasteiger partial charge in [-0.25, -0.2) is 0 Å². The summed E-state index contributed by atoms with van der Waals surface area (Å²) in [7, 11) is 0. The minimum absolute atomic E-state index is 0. The third kappa shape index (κ3) is 5.49. The molecule has 2 aromatic rings. The van der Waals surface area contributed by atoms with Gasteiger partial charge in [0.25, 0.3) is 5.91 Å². The monoisotopic (exact) mass is 334 g/mol. The normalized spacial score (nSPS) is 11.3. The molecule has 0 aliphatic heterocycles. The first-order chi connectivity index (χ1) is 10.5. The summed E-state index contributed by atoms with van der Waals surface area (Å²) in [5, 5.41) is 2.88. The Balaban J connectivity index is 0.00000264. The van der Waals surface area contributed by atoms with E-state index < -0.39 is 0 Å². The van der Waals surface area contributed by atoms with Gasteiger partial charge in [0.15, 0.2) is 0 Å². The molecule has 124 valence electrons. The summed E-state index contributed by atoms with van der Waals surface area (Å²) >= 11 is 0. The van der Waals surface area contributed by atoms with E-state index in [4.69, 9.17) is 10.5 Å². The fraction of sp³-hybridized carbons (Fsp3) is 0.278. The maximum Gasteiger partial charge on any atom is 0.251 e. The van der Waals surface area contributed by atoms with Crippen molar-refractivity contribution in [1.82, 2.24) is 5.32 Å². The predicted octanol–water partition coefficient (Wildman–Crippen LogP) is 3.50. The molecular formula is C18H23ClN2O2. The highest BCUT2D eigenvalue weighted by atomic mass is 35.5. The molecule has 0 aromatic heterocycles. The molecule has 0 aliphatic carbocycles. The summed E-state index contributed by atoms with van der Waals surface area (Å²) in [5.41, 5.74) is 8.96. The van der Waals surface area contributed by atoms with Gasteiger partial charge >= 0.3 is 0 Å². The largest absolute Gasteiger partial charge is 0.489 e. The van der Waals surface area contributed by atoms with Crippen LogP contribution >= 0.6 is 12.4 Å². The van der Waals surface area contributed by atoms with Gasteiger partial charge in [-0.3, -0.25) is 4.79 Å². The van der Waals surface area contributed by atoms with Gasteiger partial charge in [-0.15, -0.1) is 12.4 Å². The molecule has 0 saturated carbocycles. The smallest absolute Gasteiger partial charge is 0.251 e. The van der Waals surface area contributed by atoms with Crippen LogP contribution in [-0.4, -0.2) is 18.6 Å². The predicted molar refractivity (Wildman–Crippen MR) is 96.4 cm³/mol. The molecule has 0 saturated heterocycles. The number of nitrogen functional groups attached to an aromatic ring is 1. The minimum atomic E-state index is -0.135. The number of carbonyl (C=O) groups excluding carboxylic acids is 1. The molecule has 0 heterocycles. The molecular weight excluding hydrogens is 312 g/mol. The van der Waals surface area contributed by atoms with Crippen molar-refractivity contribution in [3.63, 3.8) is 0 Å². The molecule has 1 unspecified atom stereocenters. The molecule has 0 radical (unpaired) electrons. The molecule has 1 amide bonds. The first-order valence-corrected chi connectivity index (χ1v) is 7.33. The Morgan fingerprint density at radius 2 is 1.96 bits per heavy atom. The van der Waals surface area contributed by atoms with E-state index in [1.54, 1.807) is 12.1 Å². The average Bonchev–Trinajstić information content (AvgIpc) is 2.47. The highest BCUT2D eigenvalue weighted by Crippen LogP contribution is 2.15. The van der Waals surface area contributed by atoms with E-state index in [9.17, 15) is 4.79 Å². The molecule has 1 atom stereocenters. The lowest BCUT2D eigenvalue weighted by Crippen LogP contribution is -2.34. The molecule has 4 nitrogen and oxygen atoms in total. The zero-order valence-corrected chi connectivity index (χ0v) is 14.4. The lowest BCUT2D eigenvalue weighted by atomic mass is 10.1. The van der Waals surface area contributed by atoms with E-state index in [1.165, 1.54) is 0 Å². The van der Waals surface area contributed by atoms with Crippen LogP contribution in [0.3, 0.4) is 0 Å². The number of nitrogens with two attached hydrogens (primary N) is 1. The third-order valence-corrected chi connectivity index (χ3v) is 3.38. The van der Waals surface area contributed by atoms with E-state index >= 15 is 0 Å². The minimum Gasteiger partial charge on any atom is -0.489 e. The zero-order valence-electron chi connectivity index (χ0n) is 13.6. The first-order valence-electron chi connectivity index (χ1n) is 7.33. The van der Waals surface area contributed by atoms with Crippen LogP contribution in [-0.2, 0) is 0 Å². The fourth-order valence-corrected chi connectivity index (χ4v) is 2.18. The summed E-state index contributed by atoms with van der Waals surface area (Å²) in [4.78, 5) is 12.2. The van der Waals surface area contributed by atoms with Crippen molar-refractivity contribution in [3.05, 3.63) is 59.2 Å². The van der Waals surface area contributed by atoms with E-state index in [0.717, 1.165) is 16.9 Å². The SMILES string of the molecule is Cc1cccc(OC(C)CNC(=O)c2cc(N)ccc2C)c1.Cl. The lowest BCUT2D eigenvalue weighted by molar-refractivity contribution is 0.0931. The van der Waals surface area contributed by atoms with Gasteiger partial charge in [0.1, 0.15) is 11.9 Å². The zero-order chi connectivity index (χ0) is 16.1. The molecule has 0 fully saturated rings. The molecule has 5 heteroatoms. The molecule has 3 N–H and O–H groups in total. The second-order valence-corrected chi connectivity index (χ2v) is 5.53. The maximum atomic E-state index is 12.2. The van der Waals surface area contributed by atoms with Gasteiger partial charge in [0, 0.05) is 11.3 Å². The van der Waals surface area contributed by atoms with Crippen molar-refractivity contribution in [2.75, 3.05) is 12.3 Å². The number of amides is 1. The number of hydrogen-bond acceptors (Lipinski definition) is 3. The fourth-order valence-electron chi connectivity index (χ4n) is 2.18. The highest BCUT2D eigenvalue weighted by molar-refractivity contribution is 5.96. The van der Waals surface area contributed by atoms with Crippen LogP contribution in [0.1, 0.15) is 28.4 Å². The Morgan fingerprint density at radius 1 is 1.22 bits per heavy atom. The van der Waals surface area contributed by atoms with Gasteiger partial charge in [-0.1, -0.05) is 18.2 Å². The van der Waals surface area contributed by atoms with E-state index in [-0.39, 0.29) is 24.4 Å². The van der Waals surface area contributed by atoms with Crippen LogP contribution in [0.4, 0.5) is 5.69 Å². The van der Waals surface area contributed by atoms with Gasteiger partial charge in [0.05, 0.1) is 6.54 Å². The lowest BCUT2D eigenvalue weighted by Gasteiger charge is -2.16. The Kier molecular flexibility index (Phi) is 6.91. The second kappa shape index (κ2) is 8.44. The van der Waals surface area contributed by atoms with Gasteiger partial charge in [0.2, 0.25) is 0 Å².